The Hall–Kier alpha value is -2.04. The van der Waals surface area contributed by atoms with Crippen LogP contribution in [0.4, 0.5) is 5.95 Å². The van der Waals surface area contributed by atoms with Crippen LogP contribution in [0.2, 0.25) is 0 Å². The van der Waals surface area contributed by atoms with E-state index in [0.717, 1.165) is 16.9 Å². The van der Waals surface area contributed by atoms with Gasteiger partial charge in [0.25, 0.3) is 0 Å². The van der Waals surface area contributed by atoms with Gasteiger partial charge in [-0.1, -0.05) is 11.6 Å². The summed E-state index contributed by atoms with van der Waals surface area (Å²) in [6, 6.07) is 5.84. The van der Waals surface area contributed by atoms with Gasteiger partial charge in [0.1, 0.15) is 5.75 Å². The van der Waals surface area contributed by atoms with E-state index in [0.29, 0.717) is 5.82 Å². The first-order valence-electron chi connectivity index (χ1n) is 4.53. The molecule has 0 fully saturated rings. The lowest BCUT2D eigenvalue weighted by Crippen LogP contribution is -1.90. The number of nitrogens with zero attached hydrogens (tertiary/aromatic N) is 2. The third kappa shape index (κ3) is 1.76. The molecule has 1 aromatic heterocycles. The van der Waals surface area contributed by atoms with Crippen LogP contribution in [0.25, 0.3) is 11.4 Å². The average Bonchev–Trinajstić information content (AvgIpc) is 2.65. The topological polar surface area (TPSA) is 76.8 Å². The summed E-state index contributed by atoms with van der Waals surface area (Å²) in [6.07, 6.45) is 0. The molecule has 1 heterocycles. The van der Waals surface area contributed by atoms with Gasteiger partial charge in [-0.3, -0.25) is 5.10 Å². The van der Waals surface area contributed by atoms with Crippen molar-refractivity contribution in [2.24, 2.45) is 0 Å². The van der Waals surface area contributed by atoms with Gasteiger partial charge in [0.2, 0.25) is 5.95 Å². The number of nitrogen functional groups attached to an aromatic ring is 1. The molecule has 3 N–H and O–H groups in total. The number of nitrogens with one attached hydrogen (secondary N) is 1. The van der Waals surface area contributed by atoms with Crippen molar-refractivity contribution in [1.82, 2.24) is 15.2 Å². The van der Waals surface area contributed by atoms with Crippen molar-refractivity contribution in [3.63, 3.8) is 0 Å². The maximum Gasteiger partial charge on any atom is 0.239 e. The van der Waals surface area contributed by atoms with Crippen molar-refractivity contribution in [3.05, 3.63) is 23.8 Å². The van der Waals surface area contributed by atoms with Crippen molar-refractivity contribution >= 4 is 5.95 Å². The second-order valence-electron chi connectivity index (χ2n) is 3.25. The first kappa shape index (κ1) is 9.51. The fraction of sp³-hybridized carbons (Fsp3) is 0.200. The van der Waals surface area contributed by atoms with Gasteiger partial charge in [-0.2, -0.15) is 4.98 Å². The summed E-state index contributed by atoms with van der Waals surface area (Å²) in [7, 11) is 1.62. The lowest BCUT2D eigenvalue weighted by Gasteiger charge is -2.06. The Morgan fingerprint density at radius 2 is 2.20 bits per heavy atom. The molecule has 0 unspecified atom stereocenters. The van der Waals surface area contributed by atoms with Gasteiger partial charge in [-0.05, 0) is 19.1 Å². The number of rotatable bonds is 2. The van der Waals surface area contributed by atoms with Crippen molar-refractivity contribution in [3.8, 4) is 17.1 Å². The van der Waals surface area contributed by atoms with E-state index >= 15 is 0 Å². The van der Waals surface area contributed by atoms with Gasteiger partial charge in [0, 0.05) is 0 Å². The quantitative estimate of drug-likeness (QED) is 0.774. The van der Waals surface area contributed by atoms with Gasteiger partial charge in [0.05, 0.1) is 12.7 Å². The molecule has 0 saturated carbocycles. The lowest BCUT2D eigenvalue weighted by atomic mass is 10.1. The smallest absolute Gasteiger partial charge is 0.239 e. The molecule has 0 aliphatic heterocycles. The molecule has 0 radical (unpaired) electrons. The summed E-state index contributed by atoms with van der Waals surface area (Å²) in [5.41, 5.74) is 7.44. The number of hydrogen-bond donors (Lipinski definition) is 2. The zero-order valence-corrected chi connectivity index (χ0v) is 8.61. The number of aromatic amines is 1. The highest BCUT2D eigenvalue weighted by Crippen LogP contribution is 2.28. The van der Waals surface area contributed by atoms with Crippen LogP contribution in [0.15, 0.2) is 18.2 Å². The van der Waals surface area contributed by atoms with Crippen LogP contribution in [0.5, 0.6) is 5.75 Å². The lowest BCUT2D eigenvalue weighted by molar-refractivity contribution is 0.416. The molecule has 78 valence electrons. The van der Waals surface area contributed by atoms with Gasteiger partial charge < -0.3 is 10.5 Å². The van der Waals surface area contributed by atoms with Gasteiger partial charge in [-0.15, -0.1) is 5.10 Å². The maximum absolute atomic E-state index is 5.45. The number of aryl methyl sites for hydroxylation is 1. The van der Waals surface area contributed by atoms with Crippen LogP contribution in [-0.4, -0.2) is 22.3 Å². The predicted octanol–water partition coefficient (Wildman–Crippen LogP) is 1.37. The minimum absolute atomic E-state index is 0.230. The van der Waals surface area contributed by atoms with Crippen LogP contribution in [-0.2, 0) is 0 Å². The fourth-order valence-electron chi connectivity index (χ4n) is 1.40. The Kier molecular flexibility index (Phi) is 2.29. The average molecular weight is 204 g/mol. The summed E-state index contributed by atoms with van der Waals surface area (Å²) in [5, 5.41) is 6.54. The van der Waals surface area contributed by atoms with E-state index < -0.39 is 0 Å². The molecule has 5 heteroatoms. The second-order valence-corrected chi connectivity index (χ2v) is 3.25. The Labute approximate surface area is 87.3 Å². The van der Waals surface area contributed by atoms with E-state index in [1.165, 1.54) is 0 Å². The molecule has 0 spiro atoms. The monoisotopic (exact) mass is 204 g/mol. The van der Waals surface area contributed by atoms with E-state index in [2.05, 4.69) is 15.2 Å². The molecule has 0 aliphatic carbocycles. The zero-order chi connectivity index (χ0) is 10.8. The Morgan fingerprint density at radius 3 is 2.80 bits per heavy atom. The summed E-state index contributed by atoms with van der Waals surface area (Å²) in [5.74, 6) is 1.60. The molecule has 0 saturated heterocycles. The first-order valence-corrected chi connectivity index (χ1v) is 4.53. The number of benzene rings is 1. The molecule has 2 aromatic rings. The largest absolute Gasteiger partial charge is 0.496 e. The van der Waals surface area contributed by atoms with Crippen LogP contribution in [0.3, 0.4) is 0 Å². The summed E-state index contributed by atoms with van der Waals surface area (Å²) in [6.45, 7) is 2.00. The Balaban J connectivity index is 2.55. The molecular weight excluding hydrogens is 192 g/mol. The van der Waals surface area contributed by atoms with Crippen LogP contribution >= 0.6 is 0 Å². The van der Waals surface area contributed by atoms with E-state index in [4.69, 9.17) is 10.5 Å². The number of ether oxygens (including phenoxy) is 1. The van der Waals surface area contributed by atoms with Gasteiger partial charge >= 0.3 is 0 Å². The predicted molar refractivity (Wildman–Crippen MR) is 57.5 cm³/mol. The van der Waals surface area contributed by atoms with Crippen molar-refractivity contribution in [2.45, 2.75) is 6.92 Å². The van der Waals surface area contributed by atoms with Crippen LogP contribution < -0.4 is 10.5 Å². The number of H-pyrrole nitrogens is 1. The third-order valence-electron chi connectivity index (χ3n) is 2.11. The molecule has 1 aromatic carbocycles. The highest BCUT2D eigenvalue weighted by Gasteiger charge is 2.09. The van der Waals surface area contributed by atoms with E-state index in [-0.39, 0.29) is 5.95 Å². The Bertz CT molecular complexity index is 478. The number of hydrogen-bond acceptors (Lipinski definition) is 4. The number of aromatic nitrogens is 3. The molecule has 2 rings (SSSR count). The first-order chi connectivity index (χ1) is 7.20. The van der Waals surface area contributed by atoms with Gasteiger partial charge in [-0.25, -0.2) is 0 Å². The normalized spacial score (nSPS) is 10.3. The zero-order valence-electron chi connectivity index (χ0n) is 8.61. The van der Waals surface area contributed by atoms with Gasteiger partial charge in [0.15, 0.2) is 5.82 Å². The minimum atomic E-state index is 0.230. The molecule has 0 aliphatic rings. The Morgan fingerprint density at radius 1 is 1.40 bits per heavy atom. The summed E-state index contributed by atoms with van der Waals surface area (Å²) >= 11 is 0. The number of methoxy groups -OCH3 is 1. The standard InChI is InChI=1S/C10H12N4O/c1-6-3-4-8(15-2)7(5-6)9-12-10(11)14-13-9/h3-5H,1-2H3,(H3,11,12,13,14). The molecule has 0 bridgehead atoms. The third-order valence-corrected chi connectivity index (χ3v) is 2.11. The van der Waals surface area contributed by atoms with Crippen molar-refractivity contribution in [2.75, 3.05) is 12.8 Å². The summed E-state index contributed by atoms with van der Waals surface area (Å²) in [4.78, 5) is 4.06. The molecule has 0 amide bonds. The van der Waals surface area contributed by atoms with E-state index in [1.54, 1.807) is 7.11 Å². The fourth-order valence-corrected chi connectivity index (χ4v) is 1.40. The van der Waals surface area contributed by atoms with E-state index in [9.17, 15) is 0 Å². The highest BCUT2D eigenvalue weighted by atomic mass is 16.5. The van der Waals surface area contributed by atoms with Crippen molar-refractivity contribution < 1.29 is 4.74 Å². The van der Waals surface area contributed by atoms with Crippen LogP contribution in [0.1, 0.15) is 5.56 Å². The molecule has 5 nitrogen and oxygen atoms in total. The van der Waals surface area contributed by atoms with E-state index in [1.807, 2.05) is 25.1 Å². The second kappa shape index (κ2) is 3.61. The van der Waals surface area contributed by atoms with Crippen molar-refractivity contribution in [1.29, 1.82) is 0 Å². The summed E-state index contributed by atoms with van der Waals surface area (Å²) < 4.78 is 5.24. The minimum Gasteiger partial charge on any atom is -0.496 e. The highest BCUT2D eigenvalue weighted by molar-refractivity contribution is 5.65. The SMILES string of the molecule is COc1ccc(C)cc1-c1nc(N)n[nH]1. The molecular formula is C10H12N4O. The number of nitrogens with two attached hydrogens (primary N) is 1. The van der Waals surface area contributed by atoms with Crippen LogP contribution in [0, 0.1) is 6.92 Å². The molecule has 15 heavy (non-hydrogen) atoms. The molecule has 0 atom stereocenters. The number of anilines is 1. The maximum atomic E-state index is 5.45.